The minimum Gasteiger partial charge on any atom is -0.354 e. The molecule has 1 unspecified atom stereocenters. The lowest BCUT2D eigenvalue weighted by molar-refractivity contribution is -0.126. The molecule has 1 aliphatic heterocycles. The molecule has 4 heteroatoms. The standard InChI is InChI=1S/C14H29N3O/c1-5-14(15,6-2)13(18)16-9-12-7-8-17(10-12)11(3)4/h11-12H,5-10,15H2,1-4H3,(H,16,18). The van der Waals surface area contributed by atoms with E-state index in [1.165, 1.54) is 6.42 Å². The number of nitrogens with two attached hydrogens (primary N) is 1. The van der Waals surface area contributed by atoms with Crippen molar-refractivity contribution in [2.24, 2.45) is 11.7 Å². The zero-order valence-electron chi connectivity index (χ0n) is 12.3. The van der Waals surface area contributed by atoms with Crippen molar-refractivity contribution in [2.75, 3.05) is 19.6 Å². The van der Waals surface area contributed by atoms with Gasteiger partial charge in [0.15, 0.2) is 0 Å². The summed E-state index contributed by atoms with van der Waals surface area (Å²) < 4.78 is 0. The molecule has 106 valence electrons. The first kappa shape index (κ1) is 15.4. The van der Waals surface area contributed by atoms with Crippen molar-refractivity contribution in [1.82, 2.24) is 10.2 Å². The van der Waals surface area contributed by atoms with E-state index in [0.717, 1.165) is 19.6 Å². The van der Waals surface area contributed by atoms with Gasteiger partial charge in [-0.1, -0.05) is 13.8 Å². The number of hydrogen-bond acceptors (Lipinski definition) is 3. The summed E-state index contributed by atoms with van der Waals surface area (Å²) in [6.07, 6.45) is 2.56. The average Bonchev–Trinajstić information content (AvgIpc) is 2.83. The van der Waals surface area contributed by atoms with Crippen molar-refractivity contribution in [3.8, 4) is 0 Å². The highest BCUT2D eigenvalue weighted by atomic mass is 16.2. The highest BCUT2D eigenvalue weighted by Crippen LogP contribution is 2.18. The smallest absolute Gasteiger partial charge is 0.240 e. The molecule has 0 aliphatic carbocycles. The van der Waals surface area contributed by atoms with Crippen LogP contribution in [-0.4, -0.2) is 42.0 Å². The lowest BCUT2D eigenvalue weighted by Crippen LogP contribution is -2.54. The van der Waals surface area contributed by atoms with E-state index in [2.05, 4.69) is 24.1 Å². The van der Waals surface area contributed by atoms with Gasteiger partial charge in [-0.2, -0.15) is 0 Å². The molecule has 0 saturated carbocycles. The number of carbonyl (C=O) groups excluding carboxylic acids is 1. The van der Waals surface area contributed by atoms with Crippen LogP contribution in [0.2, 0.25) is 0 Å². The molecule has 0 spiro atoms. The molecule has 0 radical (unpaired) electrons. The second kappa shape index (κ2) is 6.53. The Hall–Kier alpha value is -0.610. The lowest BCUT2D eigenvalue weighted by atomic mass is 9.93. The Morgan fingerprint density at radius 2 is 2.06 bits per heavy atom. The van der Waals surface area contributed by atoms with Gasteiger partial charge in [0, 0.05) is 19.1 Å². The molecule has 0 aromatic rings. The number of hydrogen-bond donors (Lipinski definition) is 2. The summed E-state index contributed by atoms with van der Waals surface area (Å²) in [6, 6.07) is 0.602. The Kier molecular flexibility index (Phi) is 5.60. The maximum atomic E-state index is 12.0. The van der Waals surface area contributed by atoms with Crippen molar-refractivity contribution >= 4 is 5.91 Å². The van der Waals surface area contributed by atoms with Crippen LogP contribution in [0.3, 0.4) is 0 Å². The molecule has 1 saturated heterocycles. The van der Waals surface area contributed by atoms with Gasteiger partial charge < -0.3 is 16.0 Å². The predicted octanol–water partition coefficient (Wildman–Crippen LogP) is 1.35. The molecule has 0 aromatic heterocycles. The third kappa shape index (κ3) is 3.69. The fourth-order valence-corrected chi connectivity index (χ4v) is 2.48. The summed E-state index contributed by atoms with van der Waals surface area (Å²) >= 11 is 0. The molecule has 0 bridgehead atoms. The summed E-state index contributed by atoms with van der Waals surface area (Å²) in [5.74, 6) is 0.588. The second-order valence-electron chi connectivity index (χ2n) is 5.82. The van der Waals surface area contributed by atoms with E-state index >= 15 is 0 Å². The van der Waals surface area contributed by atoms with Crippen molar-refractivity contribution in [3.05, 3.63) is 0 Å². The quantitative estimate of drug-likeness (QED) is 0.753. The van der Waals surface area contributed by atoms with Gasteiger partial charge in [-0.25, -0.2) is 0 Å². The summed E-state index contributed by atoms with van der Waals surface area (Å²) in [7, 11) is 0. The molecular weight excluding hydrogens is 226 g/mol. The SMILES string of the molecule is CCC(N)(CC)C(=O)NCC1CCN(C(C)C)C1. The fourth-order valence-electron chi connectivity index (χ4n) is 2.48. The molecule has 1 heterocycles. The van der Waals surface area contributed by atoms with Crippen molar-refractivity contribution in [2.45, 2.75) is 58.5 Å². The third-order valence-electron chi connectivity index (χ3n) is 4.31. The number of carbonyl (C=O) groups is 1. The Bertz CT molecular complexity index is 274. The molecular formula is C14H29N3O. The van der Waals surface area contributed by atoms with E-state index in [-0.39, 0.29) is 5.91 Å². The minimum absolute atomic E-state index is 0.00972. The van der Waals surface area contributed by atoms with Crippen molar-refractivity contribution in [3.63, 3.8) is 0 Å². The van der Waals surface area contributed by atoms with Crippen LogP contribution in [0.1, 0.15) is 47.0 Å². The van der Waals surface area contributed by atoms with E-state index < -0.39 is 5.54 Å². The van der Waals surface area contributed by atoms with Crippen LogP contribution in [0, 0.1) is 5.92 Å². The Labute approximate surface area is 111 Å². The molecule has 1 atom stereocenters. The zero-order valence-corrected chi connectivity index (χ0v) is 12.3. The van der Waals surface area contributed by atoms with Gasteiger partial charge >= 0.3 is 0 Å². The van der Waals surface area contributed by atoms with Crippen LogP contribution in [0.5, 0.6) is 0 Å². The molecule has 18 heavy (non-hydrogen) atoms. The molecule has 4 nitrogen and oxygen atoms in total. The molecule has 3 N–H and O–H groups in total. The van der Waals surface area contributed by atoms with Gasteiger partial charge in [-0.05, 0) is 45.6 Å². The summed E-state index contributed by atoms with van der Waals surface area (Å²) in [4.78, 5) is 14.5. The molecule has 1 aliphatic rings. The van der Waals surface area contributed by atoms with Crippen LogP contribution in [0.25, 0.3) is 0 Å². The maximum absolute atomic E-state index is 12.0. The van der Waals surface area contributed by atoms with E-state index in [1.807, 2.05) is 13.8 Å². The van der Waals surface area contributed by atoms with E-state index in [4.69, 9.17) is 5.73 Å². The van der Waals surface area contributed by atoms with Gasteiger partial charge in [0.25, 0.3) is 0 Å². The Morgan fingerprint density at radius 3 is 2.50 bits per heavy atom. The highest BCUT2D eigenvalue weighted by Gasteiger charge is 2.31. The Morgan fingerprint density at radius 1 is 1.44 bits per heavy atom. The summed E-state index contributed by atoms with van der Waals surface area (Å²) in [6.45, 7) is 11.4. The number of rotatable bonds is 6. The molecule has 1 rings (SSSR count). The molecule has 0 aromatic carbocycles. The van der Waals surface area contributed by atoms with Crippen molar-refractivity contribution < 1.29 is 4.79 Å². The van der Waals surface area contributed by atoms with Crippen LogP contribution in [-0.2, 0) is 4.79 Å². The average molecular weight is 255 g/mol. The zero-order chi connectivity index (χ0) is 13.8. The van der Waals surface area contributed by atoms with Crippen LogP contribution < -0.4 is 11.1 Å². The molecule has 1 amide bonds. The number of nitrogens with one attached hydrogen (secondary N) is 1. The van der Waals surface area contributed by atoms with Crippen LogP contribution in [0.4, 0.5) is 0 Å². The van der Waals surface area contributed by atoms with Gasteiger partial charge in [0.1, 0.15) is 0 Å². The number of amides is 1. The summed E-state index contributed by atoms with van der Waals surface area (Å²) in [5, 5.41) is 3.04. The first-order valence-electron chi connectivity index (χ1n) is 7.24. The highest BCUT2D eigenvalue weighted by molar-refractivity contribution is 5.85. The second-order valence-corrected chi connectivity index (χ2v) is 5.82. The molecule has 1 fully saturated rings. The van der Waals surface area contributed by atoms with Gasteiger partial charge in [0.05, 0.1) is 5.54 Å². The van der Waals surface area contributed by atoms with Crippen molar-refractivity contribution in [1.29, 1.82) is 0 Å². The van der Waals surface area contributed by atoms with Gasteiger partial charge in [-0.15, -0.1) is 0 Å². The summed E-state index contributed by atoms with van der Waals surface area (Å²) in [5.41, 5.74) is 5.39. The largest absolute Gasteiger partial charge is 0.354 e. The topological polar surface area (TPSA) is 58.4 Å². The minimum atomic E-state index is -0.684. The number of nitrogens with zero attached hydrogens (tertiary/aromatic N) is 1. The fraction of sp³-hybridized carbons (Fsp3) is 0.929. The van der Waals surface area contributed by atoms with Gasteiger partial charge in [0.2, 0.25) is 5.91 Å². The maximum Gasteiger partial charge on any atom is 0.240 e. The van der Waals surface area contributed by atoms with Gasteiger partial charge in [-0.3, -0.25) is 4.79 Å². The monoisotopic (exact) mass is 255 g/mol. The van der Waals surface area contributed by atoms with E-state index in [0.29, 0.717) is 24.8 Å². The number of likely N-dealkylation sites (tertiary alicyclic amines) is 1. The van der Waals surface area contributed by atoms with E-state index in [9.17, 15) is 4.79 Å². The third-order valence-corrected chi connectivity index (χ3v) is 4.31. The first-order valence-corrected chi connectivity index (χ1v) is 7.24. The van der Waals surface area contributed by atoms with Crippen LogP contribution in [0.15, 0.2) is 0 Å². The Balaban J connectivity index is 2.36. The van der Waals surface area contributed by atoms with E-state index in [1.54, 1.807) is 0 Å². The lowest BCUT2D eigenvalue weighted by Gasteiger charge is -2.26. The van der Waals surface area contributed by atoms with Crippen LogP contribution >= 0.6 is 0 Å². The predicted molar refractivity (Wildman–Crippen MR) is 75.3 cm³/mol. The normalized spacial score (nSPS) is 21.6. The first-order chi connectivity index (χ1) is 8.42.